The van der Waals surface area contributed by atoms with E-state index in [1.54, 1.807) is 6.20 Å². The van der Waals surface area contributed by atoms with Crippen LogP contribution < -0.4 is 9.64 Å². The monoisotopic (exact) mass is 439 g/mol. The molecule has 0 amide bonds. The van der Waals surface area contributed by atoms with Gasteiger partial charge >= 0.3 is 0 Å². The maximum atomic E-state index is 6.38. The number of rotatable bonds is 4. The summed E-state index contributed by atoms with van der Waals surface area (Å²) in [5.41, 5.74) is 4.56. The van der Waals surface area contributed by atoms with Gasteiger partial charge in [0.15, 0.2) is 11.5 Å². The van der Waals surface area contributed by atoms with Crippen LogP contribution in [-0.2, 0) is 6.54 Å². The highest BCUT2D eigenvalue weighted by atomic mass is 32.1. The van der Waals surface area contributed by atoms with Crippen LogP contribution in [0, 0.1) is 0 Å². The Morgan fingerprint density at radius 2 is 1.75 bits per heavy atom. The predicted octanol–water partition coefficient (Wildman–Crippen LogP) is 6.72. The first-order valence-corrected chi connectivity index (χ1v) is 12.1. The van der Waals surface area contributed by atoms with Gasteiger partial charge in [-0.2, -0.15) is 0 Å². The van der Waals surface area contributed by atoms with Gasteiger partial charge in [0.25, 0.3) is 0 Å². The first-order valence-electron chi connectivity index (χ1n) is 11.2. The molecule has 2 aromatic carbocycles. The Bertz CT molecular complexity index is 1200. The fraction of sp³-hybridized carbons (Fsp3) is 0.222. The van der Waals surface area contributed by atoms with Crippen LogP contribution in [0.1, 0.15) is 17.7 Å². The Balaban J connectivity index is 1.29. The van der Waals surface area contributed by atoms with Gasteiger partial charge in [-0.25, -0.2) is 0 Å². The fourth-order valence-electron chi connectivity index (χ4n) is 4.85. The number of thiophene rings is 1. The quantitative estimate of drug-likeness (QED) is 0.353. The molecule has 0 bridgehead atoms. The molecular weight excluding hydrogens is 414 g/mol. The van der Waals surface area contributed by atoms with Crippen molar-refractivity contribution in [2.24, 2.45) is 0 Å². The van der Waals surface area contributed by atoms with E-state index in [2.05, 4.69) is 80.8 Å². The number of nitrogens with zero attached hydrogens (tertiary/aromatic N) is 3. The average Bonchev–Trinajstić information content (AvgIpc) is 3.36. The molecule has 4 nitrogen and oxygen atoms in total. The molecule has 0 aliphatic carbocycles. The van der Waals surface area contributed by atoms with Crippen molar-refractivity contribution in [1.29, 1.82) is 0 Å². The Labute approximate surface area is 192 Å². The lowest BCUT2D eigenvalue weighted by molar-refractivity contribution is 0.206. The summed E-state index contributed by atoms with van der Waals surface area (Å²) in [5.74, 6) is 1.86. The minimum atomic E-state index is 0.461. The van der Waals surface area contributed by atoms with E-state index < -0.39 is 0 Å². The highest BCUT2D eigenvalue weighted by Gasteiger charge is 2.32. The largest absolute Gasteiger partial charge is 0.453 e. The van der Waals surface area contributed by atoms with Gasteiger partial charge in [0, 0.05) is 48.5 Å². The molecule has 1 saturated heterocycles. The fourth-order valence-corrected chi connectivity index (χ4v) is 5.60. The third-order valence-electron chi connectivity index (χ3n) is 6.44. The summed E-state index contributed by atoms with van der Waals surface area (Å²) < 4.78 is 6.38. The molecule has 4 aromatic rings. The summed E-state index contributed by atoms with van der Waals surface area (Å²) in [5, 5.41) is 2.17. The summed E-state index contributed by atoms with van der Waals surface area (Å²) in [4.78, 5) is 10.8. The molecule has 0 unspecified atom stereocenters. The van der Waals surface area contributed by atoms with Crippen molar-refractivity contribution in [3.05, 3.63) is 89.4 Å². The standard InChI is InChI=1S/C27H25N3OS/c1-2-8-26-24(7-1)30(22-11-14-29(15-12-22)19-23-6-4-16-32-23)25-10-9-20(17-27(25)31-26)21-5-3-13-28-18-21/h1-10,13,16-18,22H,11-12,14-15,19H2. The lowest BCUT2D eigenvalue weighted by Gasteiger charge is -2.42. The number of hydrogen-bond donors (Lipinski definition) is 0. The van der Waals surface area contributed by atoms with Gasteiger partial charge in [0.1, 0.15) is 0 Å². The van der Waals surface area contributed by atoms with E-state index in [1.807, 2.05) is 23.6 Å². The number of anilines is 2. The van der Waals surface area contributed by atoms with Crippen molar-refractivity contribution < 1.29 is 4.74 Å². The SMILES string of the molecule is c1cncc(-c2ccc3c(c2)Oc2ccccc2N3C2CCN(Cc3cccs3)CC2)c1. The van der Waals surface area contributed by atoms with Gasteiger partial charge in [0.2, 0.25) is 0 Å². The number of piperidine rings is 1. The summed E-state index contributed by atoms with van der Waals surface area (Å²) >= 11 is 1.85. The second kappa shape index (κ2) is 8.41. The number of fused-ring (bicyclic) bond motifs is 2. The Hall–Kier alpha value is -3.15. The zero-order valence-corrected chi connectivity index (χ0v) is 18.7. The molecule has 1 fully saturated rings. The average molecular weight is 440 g/mol. The molecule has 160 valence electrons. The van der Waals surface area contributed by atoms with Gasteiger partial charge in [-0.3, -0.25) is 9.88 Å². The van der Waals surface area contributed by atoms with Crippen LogP contribution in [0.4, 0.5) is 11.4 Å². The van der Waals surface area contributed by atoms with Crippen molar-refractivity contribution in [3.63, 3.8) is 0 Å². The molecule has 4 heterocycles. The molecule has 0 saturated carbocycles. The van der Waals surface area contributed by atoms with E-state index in [4.69, 9.17) is 4.74 Å². The first-order chi connectivity index (χ1) is 15.8. The van der Waals surface area contributed by atoms with Gasteiger partial charge in [-0.1, -0.05) is 30.3 Å². The third-order valence-corrected chi connectivity index (χ3v) is 7.30. The molecule has 2 aliphatic heterocycles. The minimum Gasteiger partial charge on any atom is -0.453 e. The summed E-state index contributed by atoms with van der Waals surface area (Å²) in [6, 6.07) is 23.9. The van der Waals surface area contributed by atoms with E-state index in [-0.39, 0.29) is 0 Å². The number of benzene rings is 2. The van der Waals surface area contributed by atoms with Crippen LogP contribution in [0.3, 0.4) is 0 Å². The number of hydrogen-bond acceptors (Lipinski definition) is 5. The molecule has 6 rings (SSSR count). The van der Waals surface area contributed by atoms with Crippen molar-refractivity contribution in [3.8, 4) is 22.6 Å². The lowest BCUT2D eigenvalue weighted by atomic mass is 9.98. The normalized spacial score (nSPS) is 16.3. The van der Waals surface area contributed by atoms with Crippen LogP contribution in [-0.4, -0.2) is 29.0 Å². The summed E-state index contributed by atoms with van der Waals surface area (Å²) in [6.45, 7) is 3.30. The minimum absolute atomic E-state index is 0.461. The molecule has 0 atom stereocenters. The summed E-state index contributed by atoms with van der Waals surface area (Å²) in [7, 11) is 0. The zero-order chi connectivity index (χ0) is 21.3. The van der Waals surface area contributed by atoms with Crippen LogP contribution in [0.5, 0.6) is 11.5 Å². The Morgan fingerprint density at radius 1 is 0.875 bits per heavy atom. The van der Waals surface area contributed by atoms with Gasteiger partial charge in [-0.15, -0.1) is 11.3 Å². The van der Waals surface area contributed by atoms with Crippen LogP contribution >= 0.6 is 11.3 Å². The lowest BCUT2D eigenvalue weighted by Crippen LogP contribution is -2.43. The second-order valence-corrected chi connectivity index (χ2v) is 9.48. The zero-order valence-electron chi connectivity index (χ0n) is 17.9. The smallest absolute Gasteiger partial charge is 0.151 e. The molecular formula is C27H25N3OS. The van der Waals surface area contributed by atoms with Gasteiger partial charge in [-0.05, 0) is 60.2 Å². The molecule has 0 N–H and O–H groups in total. The number of para-hydroxylation sites is 2. The maximum absolute atomic E-state index is 6.38. The number of ether oxygens (including phenoxy) is 1. The van der Waals surface area contributed by atoms with Crippen molar-refractivity contribution >= 4 is 22.7 Å². The van der Waals surface area contributed by atoms with E-state index in [0.29, 0.717) is 6.04 Å². The van der Waals surface area contributed by atoms with Crippen molar-refractivity contribution in [2.75, 3.05) is 18.0 Å². The molecule has 0 spiro atoms. The van der Waals surface area contributed by atoms with E-state index in [1.165, 1.54) is 10.6 Å². The Morgan fingerprint density at radius 3 is 2.56 bits per heavy atom. The topological polar surface area (TPSA) is 28.6 Å². The predicted molar refractivity (Wildman–Crippen MR) is 131 cm³/mol. The van der Waals surface area contributed by atoms with Crippen molar-refractivity contribution in [2.45, 2.75) is 25.4 Å². The highest BCUT2D eigenvalue weighted by molar-refractivity contribution is 7.09. The number of aromatic nitrogens is 1. The number of pyridine rings is 1. The third kappa shape index (κ3) is 3.68. The van der Waals surface area contributed by atoms with E-state index >= 15 is 0 Å². The van der Waals surface area contributed by atoms with Crippen molar-refractivity contribution in [1.82, 2.24) is 9.88 Å². The number of likely N-dealkylation sites (tertiary alicyclic amines) is 1. The Kier molecular flexibility index (Phi) is 5.13. The van der Waals surface area contributed by atoms with Gasteiger partial charge < -0.3 is 9.64 Å². The van der Waals surface area contributed by atoms with Crippen LogP contribution in [0.25, 0.3) is 11.1 Å². The summed E-state index contributed by atoms with van der Waals surface area (Å²) in [6.07, 6.45) is 5.99. The molecule has 2 aliphatic rings. The second-order valence-electron chi connectivity index (χ2n) is 8.45. The van der Waals surface area contributed by atoms with E-state index in [9.17, 15) is 0 Å². The first kappa shape index (κ1) is 19.5. The molecule has 32 heavy (non-hydrogen) atoms. The van der Waals surface area contributed by atoms with Gasteiger partial charge in [0.05, 0.1) is 11.4 Å². The highest BCUT2D eigenvalue weighted by Crippen LogP contribution is 2.49. The van der Waals surface area contributed by atoms with Crippen LogP contribution in [0.2, 0.25) is 0 Å². The molecule has 2 aromatic heterocycles. The molecule has 5 heteroatoms. The maximum Gasteiger partial charge on any atom is 0.151 e. The van der Waals surface area contributed by atoms with E-state index in [0.717, 1.165) is 60.8 Å². The molecule has 0 radical (unpaired) electrons. The van der Waals surface area contributed by atoms with Crippen LogP contribution in [0.15, 0.2) is 84.5 Å².